The number of hydrogen-bond donors (Lipinski definition) is 0. The SMILES string of the molecule is CC(=O)N1CCN(C(=O)CN2C(=O)CS[C@@H](c3cccs3)c3c(C(C)(C)C)nn(-c4cccc(C)c4)c32)CC1. The molecule has 1 atom stereocenters. The molecule has 1 fully saturated rings. The van der Waals surface area contributed by atoms with Crippen molar-refractivity contribution in [2.45, 2.75) is 45.3 Å². The van der Waals surface area contributed by atoms with Gasteiger partial charge in [-0.15, -0.1) is 23.1 Å². The van der Waals surface area contributed by atoms with Gasteiger partial charge in [0.15, 0.2) is 0 Å². The maximum absolute atomic E-state index is 13.8. The molecule has 8 nitrogen and oxygen atoms in total. The highest BCUT2D eigenvalue weighted by Crippen LogP contribution is 2.49. The molecule has 2 aliphatic rings. The van der Waals surface area contributed by atoms with E-state index < -0.39 is 0 Å². The van der Waals surface area contributed by atoms with Gasteiger partial charge < -0.3 is 9.80 Å². The molecule has 0 N–H and O–H groups in total. The first kappa shape index (κ1) is 27.5. The van der Waals surface area contributed by atoms with Crippen LogP contribution in [0.3, 0.4) is 0 Å². The number of carbonyl (C=O) groups is 3. The molecule has 2 aliphatic heterocycles. The van der Waals surface area contributed by atoms with Crippen molar-refractivity contribution in [3.8, 4) is 5.69 Å². The van der Waals surface area contributed by atoms with E-state index in [0.29, 0.717) is 32.0 Å². The second kappa shape index (κ2) is 10.8. The molecule has 10 heteroatoms. The number of rotatable bonds is 4. The lowest BCUT2D eigenvalue weighted by Crippen LogP contribution is -2.53. The molecule has 4 heterocycles. The van der Waals surface area contributed by atoms with E-state index in [2.05, 4.69) is 38.3 Å². The summed E-state index contributed by atoms with van der Waals surface area (Å²) in [5, 5.41) is 7.14. The summed E-state index contributed by atoms with van der Waals surface area (Å²) in [4.78, 5) is 45.5. The molecule has 1 aromatic carbocycles. The minimum atomic E-state index is -0.290. The van der Waals surface area contributed by atoms with Crippen molar-refractivity contribution in [1.82, 2.24) is 19.6 Å². The number of fused-ring (bicyclic) bond motifs is 1. The lowest BCUT2D eigenvalue weighted by molar-refractivity contribution is -0.137. The van der Waals surface area contributed by atoms with Crippen molar-refractivity contribution in [2.24, 2.45) is 0 Å². The van der Waals surface area contributed by atoms with Crippen LogP contribution in [0.5, 0.6) is 0 Å². The van der Waals surface area contributed by atoms with E-state index in [1.807, 2.05) is 35.9 Å². The monoisotopic (exact) mass is 565 g/mol. The van der Waals surface area contributed by atoms with Crippen molar-refractivity contribution in [3.05, 3.63) is 63.5 Å². The molecule has 2 aromatic heterocycles. The second-order valence-corrected chi connectivity index (χ2v) is 13.2. The van der Waals surface area contributed by atoms with Gasteiger partial charge >= 0.3 is 0 Å². The zero-order valence-corrected chi connectivity index (χ0v) is 24.8. The molecule has 39 heavy (non-hydrogen) atoms. The Morgan fingerprint density at radius 3 is 2.38 bits per heavy atom. The number of carbonyl (C=O) groups excluding carboxylic acids is 3. The minimum absolute atomic E-state index is 0.0165. The number of benzene rings is 1. The number of nitrogens with zero attached hydrogens (tertiary/aromatic N) is 5. The normalized spacial score (nSPS) is 18.2. The summed E-state index contributed by atoms with van der Waals surface area (Å²) in [6.45, 7) is 11.9. The Bertz CT molecular complexity index is 1380. The van der Waals surface area contributed by atoms with Gasteiger partial charge in [0.1, 0.15) is 12.4 Å². The van der Waals surface area contributed by atoms with Crippen molar-refractivity contribution in [3.63, 3.8) is 0 Å². The fourth-order valence-electron chi connectivity index (χ4n) is 5.18. The Kier molecular flexibility index (Phi) is 7.61. The summed E-state index contributed by atoms with van der Waals surface area (Å²) in [5.41, 5.74) is 3.58. The number of thioether (sulfide) groups is 1. The number of piperazine rings is 1. The van der Waals surface area contributed by atoms with Crippen LogP contribution in [-0.4, -0.2) is 75.8 Å². The second-order valence-electron chi connectivity index (χ2n) is 11.2. The van der Waals surface area contributed by atoms with Gasteiger partial charge in [0, 0.05) is 49.0 Å². The fraction of sp³-hybridized carbons (Fsp3) is 0.448. The molecule has 3 amide bonds. The number of aromatic nitrogens is 2. The highest BCUT2D eigenvalue weighted by molar-refractivity contribution is 8.00. The van der Waals surface area contributed by atoms with Gasteiger partial charge in [0.25, 0.3) is 0 Å². The Morgan fingerprint density at radius 2 is 1.77 bits per heavy atom. The Labute approximate surface area is 238 Å². The van der Waals surface area contributed by atoms with Crippen LogP contribution in [0, 0.1) is 6.92 Å². The van der Waals surface area contributed by atoms with E-state index in [4.69, 9.17) is 5.10 Å². The molecule has 0 saturated carbocycles. The number of thiophene rings is 1. The Balaban J connectivity index is 1.63. The first-order valence-corrected chi connectivity index (χ1v) is 15.2. The van der Waals surface area contributed by atoms with E-state index in [0.717, 1.165) is 27.4 Å². The van der Waals surface area contributed by atoms with Gasteiger partial charge in [-0.2, -0.15) is 5.10 Å². The summed E-state index contributed by atoms with van der Waals surface area (Å²) in [7, 11) is 0. The van der Waals surface area contributed by atoms with Gasteiger partial charge in [-0.3, -0.25) is 19.3 Å². The quantitative estimate of drug-likeness (QED) is 0.469. The minimum Gasteiger partial charge on any atom is -0.339 e. The molecular formula is C29H35N5O3S2. The van der Waals surface area contributed by atoms with Crippen molar-refractivity contribution < 1.29 is 14.4 Å². The zero-order valence-electron chi connectivity index (χ0n) is 23.1. The van der Waals surface area contributed by atoms with Crippen LogP contribution in [0.1, 0.15) is 54.6 Å². The van der Waals surface area contributed by atoms with Gasteiger partial charge in [-0.1, -0.05) is 39.0 Å². The summed E-state index contributed by atoms with van der Waals surface area (Å²) in [6, 6.07) is 12.2. The summed E-state index contributed by atoms with van der Waals surface area (Å²) in [6.07, 6.45) is 0. The van der Waals surface area contributed by atoms with Gasteiger partial charge in [0.05, 0.1) is 22.4 Å². The molecule has 0 unspecified atom stereocenters. The largest absolute Gasteiger partial charge is 0.339 e. The third-order valence-electron chi connectivity index (χ3n) is 7.22. The molecule has 0 radical (unpaired) electrons. The zero-order chi connectivity index (χ0) is 27.9. The van der Waals surface area contributed by atoms with E-state index >= 15 is 0 Å². The van der Waals surface area contributed by atoms with Crippen LogP contribution in [0.25, 0.3) is 5.69 Å². The molecule has 0 aliphatic carbocycles. The maximum Gasteiger partial charge on any atom is 0.242 e. The molecule has 3 aromatic rings. The molecule has 0 spiro atoms. The van der Waals surface area contributed by atoms with Crippen molar-refractivity contribution in [1.29, 1.82) is 0 Å². The maximum atomic E-state index is 13.8. The summed E-state index contributed by atoms with van der Waals surface area (Å²) in [5.74, 6) is 0.731. The van der Waals surface area contributed by atoms with Crippen LogP contribution in [0.15, 0.2) is 41.8 Å². The predicted octanol–water partition coefficient (Wildman–Crippen LogP) is 4.40. The predicted molar refractivity (Wildman–Crippen MR) is 157 cm³/mol. The first-order chi connectivity index (χ1) is 18.5. The van der Waals surface area contributed by atoms with Crippen LogP contribution >= 0.6 is 23.1 Å². The average Bonchev–Trinajstić information content (AvgIpc) is 3.54. The smallest absolute Gasteiger partial charge is 0.242 e. The third kappa shape index (κ3) is 5.49. The van der Waals surface area contributed by atoms with Gasteiger partial charge in [-0.05, 0) is 36.1 Å². The van der Waals surface area contributed by atoms with E-state index in [9.17, 15) is 14.4 Å². The summed E-state index contributed by atoms with van der Waals surface area (Å²) < 4.78 is 1.87. The van der Waals surface area contributed by atoms with Crippen LogP contribution in [0.2, 0.25) is 0 Å². The van der Waals surface area contributed by atoms with Crippen LogP contribution in [0.4, 0.5) is 5.82 Å². The van der Waals surface area contributed by atoms with E-state index in [1.54, 1.807) is 44.7 Å². The van der Waals surface area contributed by atoms with Crippen LogP contribution in [-0.2, 0) is 19.8 Å². The van der Waals surface area contributed by atoms with Crippen molar-refractivity contribution in [2.75, 3.05) is 43.4 Å². The summed E-state index contributed by atoms with van der Waals surface area (Å²) >= 11 is 3.28. The number of hydrogen-bond acceptors (Lipinski definition) is 6. The number of amides is 3. The lowest BCUT2D eigenvalue weighted by atomic mass is 9.88. The topological polar surface area (TPSA) is 78.8 Å². The van der Waals surface area contributed by atoms with E-state index in [1.165, 1.54) is 0 Å². The molecular weight excluding hydrogens is 530 g/mol. The molecule has 1 saturated heterocycles. The fourth-order valence-corrected chi connectivity index (χ4v) is 7.36. The highest BCUT2D eigenvalue weighted by Gasteiger charge is 2.40. The number of aryl methyl sites for hydroxylation is 1. The Hall–Kier alpha value is -3.11. The highest BCUT2D eigenvalue weighted by atomic mass is 32.2. The average molecular weight is 566 g/mol. The molecule has 5 rings (SSSR count). The van der Waals surface area contributed by atoms with E-state index in [-0.39, 0.29) is 40.7 Å². The Morgan fingerprint density at radius 1 is 1.05 bits per heavy atom. The van der Waals surface area contributed by atoms with Crippen LogP contribution < -0.4 is 4.90 Å². The molecule has 0 bridgehead atoms. The van der Waals surface area contributed by atoms with Gasteiger partial charge in [0.2, 0.25) is 17.7 Å². The number of anilines is 1. The third-order valence-corrected chi connectivity index (χ3v) is 9.54. The lowest BCUT2D eigenvalue weighted by Gasteiger charge is -2.35. The van der Waals surface area contributed by atoms with Gasteiger partial charge in [-0.25, -0.2) is 4.68 Å². The first-order valence-electron chi connectivity index (χ1n) is 13.2. The van der Waals surface area contributed by atoms with Crippen molar-refractivity contribution >= 4 is 46.6 Å². The molecule has 206 valence electrons. The standard InChI is InChI=1S/C29H35N5O3S2/c1-19-8-6-9-21(16-19)34-28-25(27(30-34)29(3,4)5)26(22-10-7-15-38-22)39-18-24(37)33(28)17-23(36)32-13-11-31(12-14-32)20(2)35/h6-10,15-16,26H,11-14,17-18H2,1-5H3/t26-/m0/s1.